The fourth-order valence-corrected chi connectivity index (χ4v) is 0.850. The molecule has 11 heavy (non-hydrogen) atoms. The van der Waals surface area contributed by atoms with Gasteiger partial charge in [0, 0.05) is 0 Å². The van der Waals surface area contributed by atoms with E-state index in [4.69, 9.17) is 5.11 Å². The minimum absolute atomic E-state index is 0.164. The number of hydrogen-bond donors (Lipinski definition) is 2. The quantitative estimate of drug-likeness (QED) is 0.595. The van der Waals surface area contributed by atoms with Gasteiger partial charge in [0.15, 0.2) is 0 Å². The monoisotopic (exact) mass is 158 g/mol. The van der Waals surface area contributed by atoms with Crippen LogP contribution in [0.4, 0.5) is 0 Å². The molecule has 0 aliphatic heterocycles. The van der Waals surface area contributed by atoms with Crippen molar-refractivity contribution in [2.24, 2.45) is 0 Å². The molecule has 2 nitrogen and oxygen atoms in total. The Labute approximate surface area is 68.6 Å². The van der Waals surface area contributed by atoms with Crippen LogP contribution in [0.15, 0.2) is 12.2 Å². The van der Waals surface area contributed by atoms with Gasteiger partial charge in [-0.25, -0.2) is 0 Å². The summed E-state index contributed by atoms with van der Waals surface area (Å²) < 4.78 is 0. The number of aliphatic hydroxyl groups excluding tert-OH is 1. The lowest BCUT2D eigenvalue weighted by Gasteiger charge is -2.19. The predicted octanol–water partition coefficient (Wildman–Crippen LogP) is 1.48. The average molecular weight is 158 g/mol. The van der Waals surface area contributed by atoms with E-state index in [1.54, 1.807) is 6.92 Å². The van der Waals surface area contributed by atoms with E-state index in [-0.39, 0.29) is 6.61 Å². The van der Waals surface area contributed by atoms with E-state index in [1.165, 1.54) is 0 Å². The Balaban J connectivity index is 3.45. The fourth-order valence-electron chi connectivity index (χ4n) is 0.850. The number of allylic oxidation sites excluding steroid dienone is 1. The van der Waals surface area contributed by atoms with Crippen LogP contribution >= 0.6 is 0 Å². The first-order chi connectivity index (χ1) is 4.98. The van der Waals surface area contributed by atoms with Gasteiger partial charge < -0.3 is 10.2 Å². The fraction of sp³-hybridized carbons (Fsp3) is 0.778. The third-order valence-corrected chi connectivity index (χ3v) is 1.66. The summed E-state index contributed by atoms with van der Waals surface area (Å²) in [6.07, 6.45) is 2.45. The normalized spacial score (nSPS) is 16.0. The molecule has 0 fully saturated rings. The second-order valence-electron chi connectivity index (χ2n) is 3.47. The molecule has 0 aromatic carbocycles. The molecular formula is C9H18O2. The summed E-state index contributed by atoms with van der Waals surface area (Å²) in [7, 11) is 0. The summed E-state index contributed by atoms with van der Waals surface area (Å²) >= 11 is 0. The van der Waals surface area contributed by atoms with Gasteiger partial charge in [0.1, 0.15) is 0 Å². The lowest BCUT2D eigenvalue weighted by Crippen LogP contribution is -2.28. The van der Waals surface area contributed by atoms with Crippen LogP contribution in [0, 0.1) is 0 Å². The number of hydrogen-bond acceptors (Lipinski definition) is 2. The van der Waals surface area contributed by atoms with Crippen molar-refractivity contribution in [3.63, 3.8) is 0 Å². The SMILES string of the molecule is C=C(C)CCC[C@](C)(O)CO. The average Bonchev–Trinajstić information content (AvgIpc) is 1.87. The highest BCUT2D eigenvalue weighted by Crippen LogP contribution is 2.14. The largest absolute Gasteiger partial charge is 0.393 e. The standard InChI is InChI=1S/C9H18O2/c1-8(2)5-4-6-9(3,11)7-10/h10-11H,1,4-7H2,2-3H3/t9-/m0/s1. The lowest BCUT2D eigenvalue weighted by atomic mass is 9.99. The van der Waals surface area contributed by atoms with Gasteiger partial charge >= 0.3 is 0 Å². The third-order valence-electron chi connectivity index (χ3n) is 1.66. The number of rotatable bonds is 5. The van der Waals surface area contributed by atoms with Gasteiger partial charge in [-0.15, -0.1) is 6.58 Å². The summed E-state index contributed by atoms with van der Waals surface area (Å²) in [5, 5.41) is 18.0. The van der Waals surface area contributed by atoms with Crippen LogP contribution in [0.25, 0.3) is 0 Å². The van der Waals surface area contributed by atoms with Gasteiger partial charge in [-0.05, 0) is 33.1 Å². The topological polar surface area (TPSA) is 40.5 Å². The van der Waals surface area contributed by atoms with Crippen molar-refractivity contribution in [3.8, 4) is 0 Å². The van der Waals surface area contributed by atoms with E-state index in [0.717, 1.165) is 18.4 Å². The first kappa shape index (κ1) is 10.7. The molecule has 0 aromatic rings. The minimum atomic E-state index is -0.907. The van der Waals surface area contributed by atoms with Gasteiger partial charge in [-0.2, -0.15) is 0 Å². The Kier molecular flexibility index (Phi) is 4.38. The molecule has 2 heteroatoms. The van der Waals surface area contributed by atoms with Crippen LogP contribution in [0.2, 0.25) is 0 Å². The zero-order valence-electron chi connectivity index (χ0n) is 7.43. The molecule has 0 aliphatic carbocycles. The summed E-state index contributed by atoms with van der Waals surface area (Å²) in [6.45, 7) is 7.20. The Hall–Kier alpha value is -0.340. The maximum absolute atomic E-state index is 9.36. The highest BCUT2D eigenvalue weighted by molar-refractivity contribution is 4.88. The van der Waals surface area contributed by atoms with Gasteiger partial charge in [0.2, 0.25) is 0 Å². The first-order valence-corrected chi connectivity index (χ1v) is 3.95. The van der Waals surface area contributed by atoms with Gasteiger partial charge in [-0.1, -0.05) is 5.57 Å². The van der Waals surface area contributed by atoms with E-state index in [2.05, 4.69) is 6.58 Å². The Morgan fingerprint density at radius 3 is 2.45 bits per heavy atom. The molecule has 0 saturated carbocycles. The van der Waals surface area contributed by atoms with Gasteiger partial charge in [0.25, 0.3) is 0 Å². The van der Waals surface area contributed by atoms with E-state index in [0.29, 0.717) is 6.42 Å². The molecule has 0 aliphatic rings. The molecule has 0 saturated heterocycles. The molecule has 1 atom stereocenters. The van der Waals surface area contributed by atoms with Crippen molar-refractivity contribution in [2.75, 3.05) is 6.61 Å². The van der Waals surface area contributed by atoms with Crippen molar-refractivity contribution >= 4 is 0 Å². The Morgan fingerprint density at radius 1 is 1.55 bits per heavy atom. The molecule has 0 rings (SSSR count). The van der Waals surface area contributed by atoms with E-state index in [1.807, 2.05) is 6.92 Å². The zero-order chi connectivity index (χ0) is 8.91. The summed E-state index contributed by atoms with van der Waals surface area (Å²) in [4.78, 5) is 0. The van der Waals surface area contributed by atoms with Crippen molar-refractivity contribution < 1.29 is 10.2 Å². The Morgan fingerprint density at radius 2 is 2.09 bits per heavy atom. The van der Waals surface area contributed by atoms with Crippen molar-refractivity contribution in [1.82, 2.24) is 0 Å². The second-order valence-corrected chi connectivity index (χ2v) is 3.47. The summed E-state index contributed by atoms with van der Waals surface area (Å²) in [5.74, 6) is 0. The summed E-state index contributed by atoms with van der Waals surface area (Å²) in [6, 6.07) is 0. The van der Waals surface area contributed by atoms with Crippen molar-refractivity contribution in [3.05, 3.63) is 12.2 Å². The van der Waals surface area contributed by atoms with Crippen LogP contribution in [0.3, 0.4) is 0 Å². The molecule has 0 radical (unpaired) electrons. The molecule has 66 valence electrons. The smallest absolute Gasteiger partial charge is 0.0849 e. The molecular weight excluding hydrogens is 140 g/mol. The highest BCUT2D eigenvalue weighted by Gasteiger charge is 2.17. The highest BCUT2D eigenvalue weighted by atomic mass is 16.3. The van der Waals surface area contributed by atoms with Crippen LogP contribution < -0.4 is 0 Å². The van der Waals surface area contributed by atoms with E-state index < -0.39 is 5.60 Å². The predicted molar refractivity (Wildman–Crippen MR) is 46.4 cm³/mol. The minimum Gasteiger partial charge on any atom is -0.393 e. The van der Waals surface area contributed by atoms with Crippen molar-refractivity contribution in [2.45, 2.75) is 38.7 Å². The molecule has 0 amide bonds. The molecule has 0 heterocycles. The molecule has 0 aromatic heterocycles. The molecule has 2 N–H and O–H groups in total. The zero-order valence-corrected chi connectivity index (χ0v) is 7.43. The first-order valence-electron chi connectivity index (χ1n) is 3.95. The Bertz CT molecular complexity index is 128. The molecule has 0 bridgehead atoms. The van der Waals surface area contributed by atoms with Crippen LogP contribution in [-0.4, -0.2) is 22.4 Å². The van der Waals surface area contributed by atoms with Crippen LogP contribution in [0.1, 0.15) is 33.1 Å². The maximum atomic E-state index is 9.36. The van der Waals surface area contributed by atoms with Crippen LogP contribution in [0.5, 0.6) is 0 Å². The van der Waals surface area contributed by atoms with E-state index in [9.17, 15) is 5.11 Å². The number of aliphatic hydroxyl groups is 2. The molecule has 0 spiro atoms. The summed E-state index contributed by atoms with van der Waals surface area (Å²) in [5.41, 5.74) is 0.217. The lowest BCUT2D eigenvalue weighted by molar-refractivity contribution is -0.00639. The van der Waals surface area contributed by atoms with E-state index >= 15 is 0 Å². The van der Waals surface area contributed by atoms with Crippen molar-refractivity contribution in [1.29, 1.82) is 0 Å². The second kappa shape index (κ2) is 4.52. The third kappa shape index (κ3) is 6.07. The van der Waals surface area contributed by atoms with Gasteiger partial charge in [0.05, 0.1) is 12.2 Å². The molecule has 0 unspecified atom stereocenters. The van der Waals surface area contributed by atoms with Crippen LogP contribution in [-0.2, 0) is 0 Å². The van der Waals surface area contributed by atoms with Gasteiger partial charge in [-0.3, -0.25) is 0 Å². The maximum Gasteiger partial charge on any atom is 0.0849 e.